The molecule has 2 aromatic carbocycles. The highest BCUT2D eigenvalue weighted by molar-refractivity contribution is 14.0. The largest absolute Gasteiger partial charge is 0.352 e. The van der Waals surface area contributed by atoms with Gasteiger partial charge in [0.15, 0.2) is 5.96 Å². The van der Waals surface area contributed by atoms with Crippen molar-refractivity contribution in [3.8, 4) is 0 Å². The molecule has 1 atom stereocenters. The zero-order valence-corrected chi connectivity index (χ0v) is 15.9. The van der Waals surface area contributed by atoms with Crippen LogP contribution in [0.4, 0.5) is 5.69 Å². The van der Waals surface area contributed by atoms with Gasteiger partial charge in [0.25, 0.3) is 5.69 Å². The molecule has 0 spiro atoms. The summed E-state index contributed by atoms with van der Waals surface area (Å²) in [5.74, 6) is 0.646. The first-order chi connectivity index (χ1) is 11.1. The van der Waals surface area contributed by atoms with Crippen LogP contribution < -0.4 is 10.6 Å². The highest BCUT2D eigenvalue weighted by atomic mass is 127. The maximum absolute atomic E-state index is 10.8. The van der Waals surface area contributed by atoms with Crippen molar-refractivity contribution in [2.45, 2.75) is 19.5 Å². The third-order valence-electron chi connectivity index (χ3n) is 3.46. The molecule has 0 amide bonds. The lowest BCUT2D eigenvalue weighted by Gasteiger charge is -2.18. The number of halogens is 1. The van der Waals surface area contributed by atoms with Gasteiger partial charge in [-0.05, 0) is 18.1 Å². The molecular formula is C17H21IN4O2. The van der Waals surface area contributed by atoms with Gasteiger partial charge in [-0.1, -0.05) is 42.5 Å². The van der Waals surface area contributed by atoms with E-state index in [4.69, 9.17) is 0 Å². The van der Waals surface area contributed by atoms with Crippen molar-refractivity contribution in [3.05, 3.63) is 75.8 Å². The van der Waals surface area contributed by atoms with Crippen molar-refractivity contribution in [2.75, 3.05) is 7.05 Å². The lowest BCUT2D eigenvalue weighted by Crippen LogP contribution is -2.38. The van der Waals surface area contributed by atoms with E-state index in [0.29, 0.717) is 12.5 Å². The van der Waals surface area contributed by atoms with Gasteiger partial charge in [-0.2, -0.15) is 0 Å². The van der Waals surface area contributed by atoms with Crippen LogP contribution in [0.5, 0.6) is 0 Å². The number of nitrogens with zero attached hydrogens (tertiary/aromatic N) is 2. The number of non-ortho nitro benzene ring substituents is 1. The Morgan fingerprint density at radius 2 is 1.92 bits per heavy atom. The van der Waals surface area contributed by atoms with Crippen LogP contribution in [0, 0.1) is 10.1 Å². The van der Waals surface area contributed by atoms with Crippen molar-refractivity contribution in [1.82, 2.24) is 10.6 Å². The van der Waals surface area contributed by atoms with Gasteiger partial charge in [0.2, 0.25) is 0 Å². The van der Waals surface area contributed by atoms with Crippen molar-refractivity contribution in [3.63, 3.8) is 0 Å². The number of nitrogens with one attached hydrogen (secondary N) is 2. The Kier molecular flexibility index (Phi) is 8.17. The second-order valence-corrected chi connectivity index (χ2v) is 5.13. The van der Waals surface area contributed by atoms with Crippen molar-refractivity contribution in [1.29, 1.82) is 0 Å². The second kappa shape index (κ2) is 9.86. The molecule has 6 nitrogen and oxygen atoms in total. The first-order valence-corrected chi connectivity index (χ1v) is 7.35. The number of nitro groups is 1. The first-order valence-electron chi connectivity index (χ1n) is 7.35. The molecule has 128 valence electrons. The molecule has 0 saturated heterocycles. The van der Waals surface area contributed by atoms with Gasteiger partial charge in [-0.3, -0.25) is 15.1 Å². The lowest BCUT2D eigenvalue weighted by atomic mass is 10.1. The number of rotatable bonds is 5. The average molecular weight is 440 g/mol. The van der Waals surface area contributed by atoms with Gasteiger partial charge in [0.05, 0.1) is 11.0 Å². The summed E-state index contributed by atoms with van der Waals surface area (Å²) in [4.78, 5) is 14.6. The molecule has 0 fully saturated rings. The fraction of sp³-hybridized carbons (Fsp3) is 0.235. The third kappa shape index (κ3) is 5.80. The van der Waals surface area contributed by atoms with Gasteiger partial charge in [-0.25, -0.2) is 0 Å². The van der Waals surface area contributed by atoms with E-state index in [9.17, 15) is 10.1 Å². The number of nitro benzene ring substituents is 1. The minimum Gasteiger partial charge on any atom is -0.352 e. The molecule has 0 aliphatic carbocycles. The van der Waals surface area contributed by atoms with E-state index in [-0.39, 0.29) is 35.7 Å². The number of aliphatic imine (C=N–C) groups is 1. The fourth-order valence-corrected chi connectivity index (χ4v) is 2.19. The fourth-order valence-electron chi connectivity index (χ4n) is 2.19. The van der Waals surface area contributed by atoms with Crippen LogP contribution in [-0.4, -0.2) is 17.9 Å². The molecular weight excluding hydrogens is 419 g/mol. The van der Waals surface area contributed by atoms with Crippen LogP contribution in [0.2, 0.25) is 0 Å². The third-order valence-corrected chi connectivity index (χ3v) is 3.46. The maximum atomic E-state index is 10.8. The van der Waals surface area contributed by atoms with Crippen molar-refractivity contribution < 1.29 is 4.92 Å². The predicted octanol–water partition coefficient (Wildman–Crippen LogP) is 3.64. The summed E-state index contributed by atoms with van der Waals surface area (Å²) in [7, 11) is 1.69. The van der Waals surface area contributed by atoms with Crippen LogP contribution >= 0.6 is 24.0 Å². The number of hydrogen-bond donors (Lipinski definition) is 2. The van der Waals surface area contributed by atoms with Crippen LogP contribution in [0.3, 0.4) is 0 Å². The van der Waals surface area contributed by atoms with E-state index in [1.54, 1.807) is 19.2 Å². The van der Waals surface area contributed by atoms with Gasteiger partial charge in [-0.15, -0.1) is 24.0 Å². The quantitative estimate of drug-likeness (QED) is 0.245. The zero-order valence-electron chi connectivity index (χ0n) is 13.6. The Bertz CT molecular complexity index is 692. The summed E-state index contributed by atoms with van der Waals surface area (Å²) >= 11 is 0. The summed E-state index contributed by atoms with van der Waals surface area (Å²) in [5.41, 5.74) is 2.07. The normalized spacial score (nSPS) is 12.0. The number of benzene rings is 2. The summed E-state index contributed by atoms with van der Waals surface area (Å²) < 4.78 is 0. The van der Waals surface area contributed by atoms with E-state index in [0.717, 1.165) is 11.1 Å². The molecule has 1 unspecified atom stereocenters. The van der Waals surface area contributed by atoms with E-state index in [1.807, 2.05) is 36.4 Å². The van der Waals surface area contributed by atoms with Gasteiger partial charge in [0, 0.05) is 25.7 Å². The summed E-state index contributed by atoms with van der Waals surface area (Å²) in [6, 6.07) is 16.7. The van der Waals surface area contributed by atoms with E-state index in [1.165, 1.54) is 6.07 Å². The zero-order chi connectivity index (χ0) is 16.7. The summed E-state index contributed by atoms with van der Waals surface area (Å²) in [6.07, 6.45) is 0. The smallest absolute Gasteiger partial charge is 0.269 e. The number of hydrogen-bond acceptors (Lipinski definition) is 3. The molecule has 7 heteroatoms. The molecule has 2 rings (SSSR count). The van der Waals surface area contributed by atoms with E-state index < -0.39 is 4.92 Å². The Balaban J connectivity index is 0.00000288. The van der Waals surface area contributed by atoms with E-state index in [2.05, 4.69) is 22.5 Å². The van der Waals surface area contributed by atoms with Crippen LogP contribution in [0.15, 0.2) is 59.6 Å². The van der Waals surface area contributed by atoms with Gasteiger partial charge >= 0.3 is 0 Å². The molecule has 0 saturated carbocycles. The highest BCUT2D eigenvalue weighted by Gasteiger charge is 2.08. The molecule has 0 aliphatic rings. The Labute approximate surface area is 158 Å². The summed E-state index contributed by atoms with van der Waals surface area (Å²) in [5, 5.41) is 17.3. The van der Waals surface area contributed by atoms with Gasteiger partial charge in [0.1, 0.15) is 0 Å². The summed E-state index contributed by atoms with van der Waals surface area (Å²) in [6.45, 7) is 2.51. The molecule has 0 radical (unpaired) electrons. The van der Waals surface area contributed by atoms with Crippen molar-refractivity contribution in [2.24, 2.45) is 4.99 Å². The minimum atomic E-state index is -0.395. The SMILES string of the molecule is CN=C(NCc1cccc([N+](=O)[O-])c1)NC(C)c1ccccc1.I. The maximum Gasteiger partial charge on any atom is 0.269 e. The van der Waals surface area contributed by atoms with Crippen LogP contribution in [0.25, 0.3) is 0 Å². The van der Waals surface area contributed by atoms with Gasteiger partial charge < -0.3 is 10.6 Å². The Morgan fingerprint density at radius 3 is 2.54 bits per heavy atom. The molecule has 0 aromatic heterocycles. The molecule has 24 heavy (non-hydrogen) atoms. The monoisotopic (exact) mass is 440 g/mol. The van der Waals surface area contributed by atoms with E-state index >= 15 is 0 Å². The van der Waals surface area contributed by atoms with Crippen LogP contribution in [0.1, 0.15) is 24.1 Å². The topological polar surface area (TPSA) is 79.6 Å². The molecule has 0 aliphatic heterocycles. The van der Waals surface area contributed by atoms with Crippen LogP contribution in [-0.2, 0) is 6.54 Å². The molecule has 2 aromatic rings. The molecule has 2 N–H and O–H groups in total. The Hall–Kier alpha value is -2.16. The molecule has 0 bridgehead atoms. The van der Waals surface area contributed by atoms with Crippen molar-refractivity contribution >= 4 is 35.6 Å². The highest BCUT2D eigenvalue weighted by Crippen LogP contribution is 2.13. The lowest BCUT2D eigenvalue weighted by molar-refractivity contribution is -0.384. The second-order valence-electron chi connectivity index (χ2n) is 5.13. The Morgan fingerprint density at radius 1 is 1.21 bits per heavy atom. The standard InChI is InChI=1S/C17H20N4O2.HI/c1-13(15-8-4-3-5-9-15)20-17(18-2)19-12-14-7-6-10-16(11-14)21(22)23;/h3-11,13H,12H2,1-2H3,(H2,18,19,20);1H. The predicted molar refractivity (Wildman–Crippen MR) is 107 cm³/mol. The average Bonchev–Trinajstić information content (AvgIpc) is 2.59. The first kappa shape index (κ1) is 19.9. The molecule has 0 heterocycles. The minimum absolute atomic E-state index is 0. The number of guanidine groups is 1.